The molecule has 3 amide bonds. The Kier molecular flexibility index (Phi) is 5.22. The van der Waals surface area contributed by atoms with Gasteiger partial charge in [-0.05, 0) is 19.3 Å². The van der Waals surface area contributed by atoms with Crippen LogP contribution >= 0.6 is 0 Å². The summed E-state index contributed by atoms with van der Waals surface area (Å²) in [7, 11) is 0. The lowest BCUT2D eigenvalue weighted by molar-refractivity contribution is -0.141. The fraction of sp³-hybridized carbons (Fsp3) is 0.700. The van der Waals surface area contributed by atoms with Crippen molar-refractivity contribution in [1.82, 2.24) is 10.6 Å². The fourth-order valence-electron chi connectivity index (χ4n) is 1.89. The number of carboxylic acids is 1. The van der Waals surface area contributed by atoms with Gasteiger partial charge in [0.05, 0.1) is 12.5 Å². The van der Waals surface area contributed by atoms with E-state index < -0.39 is 18.1 Å². The summed E-state index contributed by atoms with van der Waals surface area (Å²) in [6.07, 6.45) is 0.783. The monoisotopic (exact) mass is 259 g/mol. The van der Waals surface area contributed by atoms with Crippen molar-refractivity contribution in [3.8, 4) is 0 Å². The molecule has 0 bridgehead atoms. The molecule has 1 fully saturated rings. The molecule has 0 spiro atoms. The molecule has 1 aliphatic rings. The summed E-state index contributed by atoms with van der Waals surface area (Å²) < 4.78 is 4.43. The average molecular weight is 259 g/mol. The molecule has 0 saturated heterocycles. The zero-order valence-corrected chi connectivity index (χ0v) is 9.85. The SMILES string of the molecule is NC(=O)OCCNC(=O)N[C@H]1CC[C@@H](C(=O)O)C1. The molecule has 1 saturated carbocycles. The van der Waals surface area contributed by atoms with E-state index >= 15 is 0 Å². The first-order chi connectivity index (χ1) is 8.49. The summed E-state index contributed by atoms with van der Waals surface area (Å²) in [5.41, 5.74) is 4.74. The number of primary amides is 1. The first-order valence-electron chi connectivity index (χ1n) is 5.68. The number of amides is 3. The van der Waals surface area contributed by atoms with Gasteiger partial charge in [-0.15, -0.1) is 0 Å². The molecule has 8 heteroatoms. The number of rotatable bonds is 5. The molecule has 2 atom stereocenters. The van der Waals surface area contributed by atoms with E-state index in [2.05, 4.69) is 15.4 Å². The molecule has 0 aromatic carbocycles. The van der Waals surface area contributed by atoms with Crippen molar-refractivity contribution >= 4 is 18.1 Å². The Morgan fingerprint density at radius 3 is 2.61 bits per heavy atom. The second-order valence-corrected chi connectivity index (χ2v) is 4.11. The molecule has 1 aliphatic carbocycles. The van der Waals surface area contributed by atoms with Crippen molar-refractivity contribution in [3.63, 3.8) is 0 Å². The number of aliphatic carboxylic acids is 1. The van der Waals surface area contributed by atoms with Crippen LogP contribution in [0.25, 0.3) is 0 Å². The fourth-order valence-corrected chi connectivity index (χ4v) is 1.89. The van der Waals surface area contributed by atoms with Gasteiger partial charge in [-0.1, -0.05) is 0 Å². The minimum absolute atomic E-state index is 0.00513. The smallest absolute Gasteiger partial charge is 0.404 e. The largest absolute Gasteiger partial charge is 0.481 e. The lowest BCUT2D eigenvalue weighted by atomic mass is 10.1. The van der Waals surface area contributed by atoms with E-state index in [1.165, 1.54) is 0 Å². The third-order valence-corrected chi connectivity index (χ3v) is 2.75. The first-order valence-corrected chi connectivity index (χ1v) is 5.68. The Morgan fingerprint density at radius 2 is 2.06 bits per heavy atom. The maximum absolute atomic E-state index is 11.4. The molecule has 0 aromatic rings. The Morgan fingerprint density at radius 1 is 1.33 bits per heavy atom. The van der Waals surface area contributed by atoms with Gasteiger partial charge in [0, 0.05) is 6.04 Å². The highest BCUT2D eigenvalue weighted by atomic mass is 16.5. The lowest BCUT2D eigenvalue weighted by Crippen LogP contribution is -2.42. The molecular weight excluding hydrogens is 242 g/mol. The average Bonchev–Trinajstić information content (AvgIpc) is 2.72. The zero-order chi connectivity index (χ0) is 13.5. The van der Waals surface area contributed by atoms with Crippen LogP contribution in [0.15, 0.2) is 0 Å². The van der Waals surface area contributed by atoms with Gasteiger partial charge >= 0.3 is 18.1 Å². The van der Waals surface area contributed by atoms with Gasteiger partial charge in [-0.2, -0.15) is 0 Å². The number of hydrogen-bond acceptors (Lipinski definition) is 4. The second-order valence-electron chi connectivity index (χ2n) is 4.11. The number of carboxylic acid groups (broad SMARTS) is 1. The summed E-state index contributed by atoms with van der Waals surface area (Å²) in [6.45, 7) is 0.162. The molecule has 102 valence electrons. The van der Waals surface area contributed by atoms with Gasteiger partial charge in [0.15, 0.2) is 0 Å². The number of urea groups is 1. The van der Waals surface area contributed by atoms with Crippen LogP contribution in [0.5, 0.6) is 0 Å². The normalized spacial score (nSPS) is 22.2. The molecule has 18 heavy (non-hydrogen) atoms. The van der Waals surface area contributed by atoms with Gasteiger partial charge in [0.2, 0.25) is 0 Å². The first kappa shape index (κ1) is 14.1. The number of nitrogens with one attached hydrogen (secondary N) is 2. The summed E-state index contributed by atoms with van der Waals surface area (Å²) in [6, 6.07) is -0.526. The molecule has 8 nitrogen and oxygen atoms in total. The molecule has 0 aliphatic heterocycles. The Balaban J connectivity index is 2.13. The molecule has 0 aromatic heterocycles. The van der Waals surface area contributed by atoms with Crippen LogP contribution < -0.4 is 16.4 Å². The van der Waals surface area contributed by atoms with Gasteiger partial charge in [0.25, 0.3) is 0 Å². The van der Waals surface area contributed by atoms with E-state index in [1.807, 2.05) is 0 Å². The molecular formula is C10H17N3O5. The number of carbonyl (C=O) groups is 3. The van der Waals surface area contributed by atoms with Gasteiger partial charge in [-0.3, -0.25) is 4.79 Å². The third kappa shape index (κ3) is 4.89. The van der Waals surface area contributed by atoms with Gasteiger partial charge < -0.3 is 26.2 Å². The van der Waals surface area contributed by atoms with Crippen molar-refractivity contribution in [2.75, 3.05) is 13.2 Å². The van der Waals surface area contributed by atoms with E-state index in [4.69, 9.17) is 10.8 Å². The maximum atomic E-state index is 11.4. The number of nitrogens with two attached hydrogens (primary N) is 1. The van der Waals surface area contributed by atoms with E-state index in [0.29, 0.717) is 19.3 Å². The lowest BCUT2D eigenvalue weighted by Gasteiger charge is -2.13. The van der Waals surface area contributed by atoms with Crippen LogP contribution in [0, 0.1) is 5.92 Å². The maximum Gasteiger partial charge on any atom is 0.404 e. The number of carbonyl (C=O) groups excluding carboxylic acids is 2. The minimum atomic E-state index is -0.891. The number of hydrogen-bond donors (Lipinski definition) is 4. The van der Waals surface area contributed by atoms with Crippen molar-refractivity contribution in [2.24, 2.45) is 11.7 Å². The van der Waals surface area contributed by atoms with E-state index in [9.17, 15) is 14.4 Å². The molecule has 0 unspecified atom stereocenters. The van der Waals surface area contributed by atoms with Gasteiger partial charge in [-0.25, -0.2) is 9.59 Å². The summed E-state index contributed by atoms with van der Waals surface area (Å²) in [4.78, 5) is 32.3. The van der Waals surface area contributed by atoms with Crippen LogP contribution in [-0.4, -0.2) is 42.4 Å². The number of ether oxygens (including phenoxy) is 1. The van der Waals surface area contributed by atoms with Crippen LogP contribution in [0.4, 0.5) is 9.59 Å². The topological polar surface area (TPSA) is 131 Å². The Hall–Kier alpha value is -1.99. The van der Waals surface area contributed by atoms with Crippen molar-refractivity contribution < 1.29 is 24.2 Å². The summed E-state index contributed by atoms with van der Waals surface area (Å²) in [5.74, 6) is -1.21. The van der Waals surface area contributed by atoms with Crippen LogP contribution in [-0.2, 0) is 9.53 Å². The van der Waals surface area contributed by atoms with Crippen LogP contribution in [0.1, 0.15) is 19.3 Å². The molecule has 1 rings (SSSR count). The highest BCUT2D eigenvalue weighted by Crippen LogP contribution is 2.25. The van der Waals surface area contributed by atoms with Crippen LogP contribution in [0.3, 0.4) is 0 Å². The Bertz CT molecular complexity index is 333. The van der Waals surface area contributed by atoms with E-state index in [1.54, 1.807) is 0 Å². The summed E-state index contributed by atoms with van der Waals surface area (Å²) in [5, 5.41) is 13.9. The molecule has 0 radical (unpaired) electrons. The molecule has 0 heterocycles. The quantitative estimate of drug-likeness (QED) is 0.500. The Labute approximate surface area is 104 Å². The highest BCUT2D eigenvalue weighted by Gasteiger charge is 2.30. The summed E-state index contributed by atoms with van der Waals surface area (Å²) >= 11 is 0. The van der Waals surface area contributed by atoms with Crippen molar-refractivity contribution in [3.05, 3.63) is 0 Å². The van der Waals surface area contributed by atoms with Crippen molar-refractivity contribution in [1.29, 1.82) is 0 Å². The third-order valence-electron chi connectivity index (χ3n) is 2.75. The standard InChI is InChI=1S/C10H17N3O5/c11-9(16)18-4-3-12-10(17)13-7-2-1-6(5-7)8(14)15/h6-7H,1-5H2,(H2,11,16)(H,14,15)(H2,12,13,17)/t6-,7+/m1/s1. The second kappa shape index (κ2) is 6.67. The minimum Gasteiger partial charge on any atom is -0.481 e. The zero-order valence-electron chi connectivity index (χ0n) is 9.85. The van der Waals surface area contributed by atoms with E-state index in [0.717, 1.165) is 0 Å². The highest BCUT2D eigenvalue weighted by molar-refractivity contribution is 5.75. The molecule has 5 N–H and O–H groups in total. The van der Waals surface area contributed by atoms with E-state index in [-0.39, 0.29) is 25.1 Å². The predicted molar refractivity (Wildman–Crippen MR) is 60.8 cm³/mol. The predicted octanol–water partition coefficient (Wildman–Crippen LogP) is -0.366. The van der Waals surface area contributed by atoms with Crippen molar-refractivity contribution in [2.45, 2.75) is 25.3 Å². The van der Waals surface area contributed by atoms with Crippen LogP contribution in [0.2, 0.25) is 0 Å². The van der Waals surface area contributed by atoms with Gasteiger partial charge in [0.1, 0.15) is 6.61 Å².